The second-order valence-corrected chi connectivity index (χ2v) is 7.13. The fourth-order valence-corrected chi connectivity index (χ4v) is 3.12. The van der Waals surface area contributed by atoms with Crippen molar-refractivity contribution in [3.8, 4) is 0 Å². The molecule has 2 aromatic rings. The van der Waals surface area contributed by atoms with E-state index in [-0.39, 0.29) is 11.5 Å². The van der Waals surface area contributed by atoms with Gasteiger partial charge in [0.05, 0.1) is 5.69 Å². The summed E-state index contributed by atoms with van der Waals surface area (Å²) in [4.78, 5) is 11.8. The van der Waals surface area contributed by atoms with Gasteiger partial charge in [-0.2, -0.15) is 0 Å². The largest absolute Gasteiger partial charge is 0.360 e. The Morgan fingerprint density at radius 1 is 1.27 bits per heavy atom. The van der Waals surface area contributed by atoms with Gasteiger partial charge in [0, 0.05) is 11.8 Å². The van der Waals surface area contributed by atoms with Crippen LogP contribution in [0.15, 0.2) is 34.9 Å². The number of anilines is 1. The van der Waals surface area contributed by atoms with Gasteiger partial charge in [0.1, 0.15) is 11.5 Å². The van der Waals surface area contributed by atoms with Gasteiger partial charge in [-0.1, -0.05) is 24.2 Å². The zero-order chi connectivity index (χ0) is 16.2. The molecule has 0 aliphatic carbocycles. The van der Waals surface area contributed by atoms with Gasteiger partial charge in [-0.15, -0.1) is 0 Å². The van der Waals surface area contributed by atoms with Crippen LogP contribution in [-0.4, -0.2) is 25.2 Å². The van der Waals surface area contributed by atoms with Crippen LogP contribution in [0.25, 0.3) is 0 Å². The predicted molar refractivity (Wildman–Crippen MR) is 83.2 cm³/mol. The second kappa shape index (κ2) is 6.74. The second-order valence-electron chi connectivity index (χ2n) is 5.07. The normalized spacial score (nSPS) is 11.4. The Morgan fingerprint density at radius 2 is 1.95 bits per heavy atom. The molecule has 0 fully saturated rings. The minimum Gasteiger partial charge on any atom is -0.360 e. The summed E-state index contributed by atoms with van der Waals surface area (Å²) in [5, 5.41) is 6.20. The van der Waals surface area contributed by atoms with E-state index >= 15 is 0 Å². The molecule has 0 bridgehead atoms. The fraction of sp³-hybridized carbons (Fsp3) is 0.333. The molecule has 0 aliphatic heterocycles. The molecular weight excluding hydrogens is 304 g/mol. The van der Waals surface area contributed by atoms with Crippen molar-refractivity contribution in [1.82, 2.24) is 5.16 Å². The highest BCUT2D eigenvalue weighted by atomic mass is 32.2. The number of benzene rings is 1. The van der Waals surface area contributed by atoms with Gasteiger partial charge in [-0.3, -0.25) is 4.79 Å². The van der Waals surface area contributed by atoms with Crippen LogP contribution in [0, 0.1) is 6.92 Å². The predicted octanol–water partition coefficient (Wildman–Crippen LogP) is 2.10. The number of sulfone groups is 1. The van der Waals surface area contributed by atoms with Crippen LogP contribution < -0.4 is 5.32 Å². The van der Waals surface area contributed by atoms with Crippen molar-refractivity contribution < 1.29 is 17.7 Å². The van der Waals surface area contributed by atoms with Crippen LogP contribution in [0.3, 0.4) is 0 Å². The van der Waals surface area contributed by atoms with E-state index in [0.29, 0.717) is 11.4 Å². The number of rotatable bonds is 6. The van der Waals surface area contributed by atoms with E-state index in [1.165, 1.54) is 0 Å². The van der Waals surface area contributed by atoms with Gasteiger partial charge in [0.2, 0.25) is 5.91 Å². The molecule has 0 saturated carbocycles. The summed E-state index contributed by atoms with van der Waals surface area (Å²) in [6, 6.07) is 8.83. The lowest BCUT2D eigenvalue weighted by Crippen LogP contribution is -2.23. The molecule has 1 amide bonds. The molecule has 0 unspecified atom stereocenters. The average molecular weight is 322 g/mol. The Labute approximate surface area is 129 Å². The molecule has 0 atom stereocenters. The number of amides is 1. The minimum absolute atomic E-state index is 0.234. The molecule has 0 saturated heterocycles. The third kappa shape index (κ3) is 4.70. The summed E-state index contributed by atoms with van der Waals surface area (Å²) in [7, 11) is -3.60. The zero-order valence-corrected chi connectivity index (χ0v) is 13.3. The van der Waals surface area contributed by atoms with Crippen molar-refractivity contribution in [2.75, 3.05) is 11.1 Å². The van der Waals surface area contributed by atoms with Gasteiger partial charge in [0.25, 0.3) is 0 Å². The molecule has 0 radical (unpaired) electrons. The number of aromatic nitrogens is 1. The van der Waals surface area contributed by atoms with E-state index in [4.69, 9.17) is 4.52 Å². The Morgan fingerprint density at radius 3 is 2.50 bits per heavy atom. The number of hydrogen-bond acceptors (Lipinski definition) is 5. The van der Waals surface area contributed by atoms with Gasteiger partial charge >= 0.3 is 0 Å². The maximum absolute atomic E-state index is 12.0. The van der Waals surface area contributed by atoms with Crippen molar-refractivity contribution in [1.29, 1.82) is 0 Å². The standard InChI is InChI=1S/C15H18N2O4S/c1-3-12-4-6-13(7-5-12)16-15(18)10-22(19,20)9-14-8-11(2)17-21-14/h4-8H,3,9-10H2,1-2H3,(H,16,18). The van der Waals surface area contributed by atoms with Crippen molar-refractivity contribution in [2.45, 2.75) is 26.0 Å². The van der Waals surface area contributed by atoms with Gasteiger partial charge in [-0.25, -0.2) is 8.42 Å². The van der Waals surface area contributed by atoms with Crippen LogP contribution in [0.2, 0.25) is 0 Å². The van der Waals surface area contributed by atoms with E-state index < -0.39 is 21.5 Å². The van der Waals surface area contributed by atoms with E-state index in [1.807, 2.05) is 19.1 Å². The molecule has 1 heterocycles. The molecule has 0 spiro atoms. The summed E-state index contributed by atoms with van der Waals surface area (Å²) in [6.45, 7) is 3.73. The first-order valence-electron chi connectivity index (χ1n) is 6.89. The number of hydrogen-bond donors (Lipinski definition) is 1. The Balaban J connectivity index is 1.95. The fourth-order valence-electron chi connectivity index (χ4n) is 1.97. The lowest BCUT2D eigenvalue weighted by molar-refractivity contribution is -0.113. The third-order valence-corrected chi connectivity index (χ3v) is 4.46. The number of aryl methyl sites for hydroxylation is 2. The van der Waals surface area contributed by atoms with Crippen molar-refractivity contribution in [3.63, 3.8) is 0 Å². The zero-order valence-electron chi connectivity index (χ0n) is 12.5. The molecule has 22 heavy (non-hydrogen) atoms. The smallest absolute Gasteiger partial charge is 0.239 e. The first kappa shape index (κ1) is 16.2. The first-order valence-corrected chi connectivity index (χ1v) is 8.71. The highest BCUT2D eigenvalue weighted by Gasteiger charge is 2.20. The first-order chi connectivity index (χ1) is 10.4. The average Bonchev–Trinajstić information content (AvgIpc) is 2.83. The van der Waals surface area contributed by atoms with Gasteiger partial charge in [-0.05, 0) is 31.0 Å². The van der Waals surface area contributed by atoms with Crippen LogP contribution in [0.5, 0.6) is 0 Å². The summed E-state index contributed by atoms with van der Waals surface area (Å²) in [5.41, 5.74) is 2.32. The van der Waals surface area contributed by atoms with E-state index in [9.17, 15) is 13.2 Å². The number of nitrogens with one attached hydrogen (secondary N) is 1. The van der Waals surface area contributed by atoms with Crippen LogP contribution in [0.4, 0.5) is 5.69 Å². The molecule has 0 aliphatic rings. The van der Waals surface area contributed by atoms with Crippen molar-refractivity contribution in [3.05, 3.63) is 47.3 Å². The molecule has 118 valence electrons. The maximum Gasteiger partial charge on any atom is 0.239 e. The molecule has 7 heteroatoms. The Hall–Kier alpha value is -2.15. The molecule has 1 aromatic carbocycles. The lowest BCUT2D eigenvalue weighted by Gasteiger charge is -2.06. The Kier molecular flexibility index (Phi) is 4.97. The van der Waals surface area contributed by atoms with Gasteiger partial charge in [0.15, 0.2) is 15.6 Å². The SMILES string of the molecule is CCc1ccc(NC(=O)CS(=O)(=O)Cc2cc(C)no2)cc1. The topological polar surface area (TPSA) is 89.3 Å². The number of nitrogens with zero attached hydrogens (tertiary/aromatic N) is 1. The quantitative estimate of drug-likeness (QED) is 0.879. The van der Waals surface area contributed by atoms with Crippen LogP contribution >= 0.6 is 0 Å². The van der Waals surface area contributed by atoms with E-state index in [1.54, 1.807) is 25.1 Å². The Bertz CT molecular complexity index is 748. The molecule has 2 rings (SSSR count). The monoisotopic (exact) mass is 322 g/mol. The lowest BCUT2D eigenvalue weighted by atomic mass is 10.1. The van der Waals surface area contributed by atoms with Crippen LogP contribution in [0.1, 0.15) is 23.9 Å². The number of carbonyl (C=O) groups is 1. The summed E-state index contributed by atoms with van der Waals surface area (Å²) in [6.07, 6.45) is 0.902. The van der Waals surface area contributed by atoms with Gasteiger partial charge < -0.3 is 9.84 Å². The summed E-state index contributed by atoms with van der Waals surface area (Å²) in [5.74, 6) is -1.27. The summed E-state index contributed by atoms with van der Waals surface area (Å²) >= 11 is 0. The van der Waals surface area contributed by atoms with Crippen LogP contribution in [-0.2, 0) is 26.8 Å². The maximum atomic E-state index is 12.0. The molecule has 1 aromatic heterocycles. The molecule has 6 nitrogen and oxygen atoms in total. The molecule has 1 N–H and O–H groups in total. The minimum atomic E-state index is -3.60. The summed E-state index contributed by atoms with van der Waals surface area (Å²) < 4.78 is 28.8. The highest BCUT2D eigenvalue weighted by Crippen LogP contribution is 2.12. The van der Waals surface area contributed by atoms with E-state index in [2.05, 4.69) is 10.5 Å². The highest BCUT2D eigenvalue weighted by molar-refractivity contribution is 7.91. The van der Waals surface area contributed by atoms with Crippen molar-refractivity contribution >= 4 is 21.4 Å². The number of carbonyl (C=O) groups excluding carboxylic acids is 1. The van der Waals surface area contributed by atoms with Crippen molar-refractivity contribution in [2.24, 2.45) is 0 Å². The van der Waals surface area contributed by atoms with E-state index in [0.717, 1.165) is 12.0 Å². The molecular formula is C15H18N2O4S. The third-order valence-electron chi connectivity index (χ3n) is 3.04.